The van der Waals surface area contributed by atoms with Crippen molar-refractivity contribution in [3.63, 3.8) is 0 Å². The third-order valence-electron chi connectivity index (χ3n) is 7.35. The smallest absolute Gasteiger partial charge is 0.406 e. The highest BCUT2D eigenvalue weighted by Crippen LogP contribution is 2.64. The zero-order valence-electron chi connectivity index (χ0n) is 23.8. The normalized spacial score (nSPS) is 17.0. The molecule has 48 heavy (non-hydrogen) atoms. The van der Waals surface area contributed by atoms with E-state index in [0.717, 1.165) is 0 Å². The minimum Gasteiger partial charge on any atom is -0.406 e. The summed E-state index contributed by atoms with van der Waals surface area (Å²) in [7, 11) is 0. The molecule has 0 fully saturated rings. The third kappa shape index (κ3) is 5.31. The van der Waals surface area contributed by atoms with Crippen LogP contribution in [0.2, 0.25) is 0 Å². The van der Waals surface area contributed by atoms with Gasteiger partial charge in [0.2, 0.25) is 5.70 Å². The van der Waals surface area contributed by atoms with Crippen molar-refractivity contribution in [1.29, 1.82) is 15.8 Å². The Morgan fingerprint density at radius 3 is 1.75 bits per heavy atom. The van der Waals surface area contributed by atoms with E-state index in [4.69, 9.17) is 19.7 Å². The maximum Gasteiger partial charge on any atom is 0.573 e. The molecule has 8 nitrogen and oxygen atoms in total. The van der Waals surface area contributed by atoms with Gasteiger partial charge in [0.15, 0.2) is 0 Å². The SMILES string of the molecule is [C-]#[N+]C1=C(c2ccccc2)/C(=C(/C#N)[N+]#[C-])c2c(OC(F)(F)F)c3c(c(OC(F)(F)F)c21)/C(=C(/C#N)[N+]#[C-])C(C1=CC=CCC1)=C3C#N. The lowest BCUT2D eigenvalue weighted by molar-refractivity contribution is -0.277. The van der Waals surface area contributed by atoms with Gasteiger partial charge in [0, 0.05) is 27.8 Å². The topological polar surface area (TPSA) is 103 Å². The summed E-state index contributed by atoms with van der Waals surface area (Å²) < 4.78 is 94.9. The number of hydrogen-bond donors (Lipinski definition) is 0. The van der Waals surface area contributed by atoms with Gasteiger partial charge in [-0.3, -0.25) is 0 Å². The zero-order valence-corrected chi connectivity index (χ0v) is 23.8. The Morgan fingerprint density at radius 1 is 0.750 bits per heavy atom. The fourth-order valence-corrected chi connectivity index (χ4v) is 5.81. The molecule has 3 aliphatic rings. The molecule has 0 bridgehead atoms. The van der Waals surface area contributed by atoms with E-state index in [9.17, 15) is 42.1 Å². The molecule has 5 rings (SSSR count). The summed E-state index contributed by atoms with van der Waals surface area (Å²) in [6.07, 6.45) is -6.07. The molecule has 232 valence electrons. The molecule has 0 aliphatic heterocycles. The molecule has 0 radical (unpaired) electrons. The number of allylic oxidation sites excluding steroid dienone is 11. The van der Waals surface area contributed by atoms with Gasteiger partial charge in [-0.1, -0.05) is 48.6 Å². The van der Waals surface area contributed by atoms with Crippen molar-refractivity contribution in [3.05, 3.63) is 133 Å². The minimum absolute atomic E-state index is 0.0349. The lowest BCUT2D eigenvalue weighted by Crippen LogP contribution is -2.22. The van der Waals surface area contributed by atoms with Crippen molar-refractivity contribution >= 4 is 28.0 Å². The minimum atomic E-state index is -5.59. The summed E-state index contributed by atoms with van der Waals surface area (Å²) in [4.78, 5) is 9.59. The van der Waals surface area contributed by atoms with Gasteiger partial charge in [0.05, 0.1) is 37.4 Å². The lowest BCUT2D eigenvalue weighted by atomic mass is 9.88. The fraction of sp³-hybridized carbons (Fsp3) is 0.118. The number of benzene rings is 2. The standard InChI is InChI=1S/C34H12F6N6O2/c1-44-20(15-42)25-22(17-10-6-4-7-11-17)19(14-41)24-27(25)32(48-34(38,39)40)29-28(31(24)47-33(35,36)37)26(21(16-43)45-2)23(30(29)46-3)18-12-8-5-9-13-18/h4-6,8-10,12-13H,7,11H2/b25-20-,26-21+. The molecule has 0 unspecified atom stereocenters. The summed E-state index contributed by atoms with van der Waals surface area (Å²) in [6.45, 7) is 23.3. The van der Waals surface area contributed by atoms with E-state index in [1.807, 2.05) is 0 Å². The van der Waals surface area contributed by atoms with Crippen molar-refractivity contribution in [2.24, 2.45) is 0 Å². The highest BCUT2D eigenvalue weighted by Gasteiger charge is 2.49. The van der Waals surface area contributed by atoms with Crippen molar-refractivity contribution in [1.82, 2.24) is 0 Å². The van der Waals surface area contributed by atoms with Crippen LogP contribution in [0, 0.1) is 53.7 Å². The first-order valence-electron chi connectivity index (χ1n) is 13.3. The average molecular weight is 650 g/mol. The van der Waals surface area contributed by atoms with Crippen molar-refractivity contribution < 1.29 is 35.8 Å². The van der Waals surface area contributed by atoms with Crippen LogP contribution in [0.1, 0.15) is 40.7 Å². The largest absolute Gasteiger partial charge is 0.573 e. The third-order valence-corrected chi connectivity index (χ3v) is 7.35. The Morgan fingerprint density at radius 2 is 1.29 bits per heavy atom. The van der Waals surface area contributed by atoms with Crippen LogP contribution in [0.3, 0.4) is 0 Å². The van der Waals surface area contributed by atoms with Crippen molar-refractivity contribution in [2.45, 2.75) is 25.6 Å². The average Bonchev–Trinajstić information content (AvgIpc) is 3.58. The van der Waals surface area contributed by atoms with Gasteiger partial charge >= 0.3 is 12.7 Å². The van der Waals surface area contributed by atoms with E-state index in [1.54, 1.807) is 18.2 Å². The van der Waals surface area contributed by atoms with Crippen LogP contribution in [-0.4, -0.2) is 12.7 Å². The highest BCUT2D eigenvalue weighted by molar-refractivity contribution is 6.28. The number of rotatable bonds is 4. The maximum absolute atomic E-state index is 14.3. The van der Waals surface area contributed by atoms with Crippen LogP contribution in [0.4, 0.5) is 26.3 Å². The molecule has 0 saturated heterocycles. The number of nitrogens with zero attached hydrogens (tertiary/aromatic N) is 6. The first-order chi connectivity index (χ1) is 22.8. The number of alkyl halides is 6. The Kier molecular flexibility index (Phi) is 8.15. The first-order valence-corrected chi connectivity index (χ1v) is 13.3. The molecule has 0 spiro atoms. The Balaban J connectivity index is 2.18. The van der Waals surface area contributed by atoms with Gasteiger partial charge in [0.1, 0.15) is 17.6 Å². The Hall–Kier alpha value is -7.00. The van der Waals surface area contributed by atoms with Crippen LogP contribution < -0.4 is 9.47 Å². The van der Waals surface area contributed by atoms with Crippen LogP contribution in [-0.2, 0) is 0 Å². The molecule has 14 heteroatoms. The molecule has 0 heterocycles. The Labute approximate surface area is 268 Å². The summed E-state index contributed by atoms with van der Waals surface area (Å²) in [6, 6.07) is 11.9. The molecule has 2 aromatic carbocycles. The summed E-state index contributed by atoms with van der Waals surface area (Å²) in [5.74, 6) is -2.64. The number of ether oxygens (including phenoxy) is 2. The van der Waals surface area contributed by atoms with Crippen molar-refractivity contribution in [2.75, 3.05) is 0 Å². The lowest BCUT2D eigenvalue weighted by Gasteiger charge is -2.24. The van der Waals surface area contributed by atoms with Crippen molar-refractivity contribution in [3.8, 4) is 29.7 Å². The molecule has 0 aromatic heterocycles. The van der Waals surface area contributed by atoms with Crippen LogP contribution in [0.25, 0.3) is 42.5 Å². The van der Waals surface area contributed by atoms with Gasteiger partial charge in [-0.2, -0.15) is 5.26 Å². The van der Waals surface area contributed by atoms with E-state index in [-0.39, 0.29) is 28.7 Å². The molecular weight excluding hydrogens is 638 g/mol. The van der Waals surface area contributed by atoms with E-state index < -0.39 is 80.3 Å². The zero-order chi connectivity index (χ0) is 35.0. The predicted octanol–water partition coefficient (Wildman–Crippen LogP) is 9.16. The molecule has 3 aliphatic carbocycles. The van der Waals surface area contributed by atoms with E-state index >= 15 is 0 Å². The molecule has 0 amide bonds. The summed E-state index contributed by atoms with van der Waals surface area (Å²) in [5.41, 5.74) is -8.71. The van der Waals surface area contributed by atoms with E-state index in [2.05, 4.69) is 24.0 Å². The highest BCUT2D eigenvalue weighted by atomic mass is 19.4. The number of fused-ring (bicyclic) bond motifs is 2. The van der Waals surface area contributed by atoms with Gasteiger partial charge in [-0.15, -0.1) is 26.3 Å². The maximum atomic E-state index is 14.3. The van der Waals surface area contributed by atoms with Gasteiger partial charge in [-0.05, 0) is 40.7 Å². The fourth-order valence-electron chi connectivity index (χ4n) is 5.81. The second-order valence-corrected chi connectivity index (χ2v) is 9.87. The molecule has 2 aromatic rings. The molecule has 0 atom stereocenters. The van der Waals surface area contributed by atoms with Gasteiger partial charge < -0.3 is 9.47 Å². The van der Waals surface area contributed by atoms with Gasteiger partial charge in [-0.25, -0.2) is 25.1 Å². The number of hydrogen-bond acceptors (Lipinski definition) is 5. The monoisotopic (exact) mass is 650 g/mol. The van der Waals surface area contributed by atoms with Crippen LogP contribution in [0.15, 0.2) is 71.1 Å². The molecular formula is C34H12F6N6O2. The first kappa shape index (κ1) is 32.4. The second-order valence-electron chi connectivity index (χ2n) is 9.87. The summed E-state index contributed by atoms with van der Waals surface area (Å²) in [5, 5.41) is 30.3. The van der Waals surface area contributed by atoms with Crippen LogP contribution >= 0.6 is 0 Å². The predicted molar refractivity (Wildman–Crippen MR) is 157 cm³/mol. The summed E-state index contributed by atoms with van der Waals surface area (Å²) >= 11 is 0. The number of nitriles is 3. The Bertz CT molecular complexity index is 2230. The van der Waals surface area contributed by atoms with Crippen LogP contribution in [0.5, 0.6) is 11.5 Å². The second kappa shape index (κ2) is 12.1. The quantitative estimate of drug-likeness (QED) is 0.187. The molecule has 0 saturated carbocycles. The van der Waals surface area contributed by atoms with Gasteiger partial charge in [0.25, 0.3) is 11.4 Å². The molecule has 0 N–H and O–H groups in total. The van der Waals surface area contributed by atoms with E-state index in [1.165, 1.54) is 48.6 Å². The number of halogens is 6. The van der Waals surface area contributed by atoms with E-state index in [0.29, 0.717) is 6.42 Å².